The monoisotopic (exact) mass is 343 g/mol. The van der Waals surface area contributed by atoms with Gasteiger partial charge in [0, 0.05) is 30.2 Å². The molecular formula is C18H21N3O2S. The summed E-state index contributed by atoms with van der Waals surface area (Å²) >= 11 is 1.54. The summed E-state index contributed by atoms with van der Waals surface area (Å²) in [4.78, 5) is 29.7. The standard InChI is InChI=1S/C18H21N3O2S/c1-11-13(6-5-9-19-11)10-20-17(23)16-14-7-3-4-8-15(14)24-18(16)21-12(2)22/h5-6,9H,3-4,7-8,10H2,1-2H3,(H,20,23)(H,21,22). The Hall–Kier alpha value is -2.21. The van der Waals surface area contributed by atoms with Crippen LogP contribution < -0.4 is 10.6 Å². The summed E-state index contributed by atoms with van der Waals surface area (Å²) in [6.07, 6.45) is 5.86. The summed E-state index contributed by atoms with van der Waals surface area (Å²) in [5.41, 5.74) is 3.66. The molecule has 0 saturated carbocycles. The quantitative estimate of drug-likeness (QED) is 0.895. The van der Waals surface area contributed by atoms with Crippen molar-refractivity contribution < 1.29 is 9.59 Å². The SMILES string of the molecule is CC(=O)Nc1sc2c(c1C(=O)NCc1cccnc1C)CCCC2. The van der Waals surface area contributed by atoms with Crippen LogP contribution in [0.2, 0.25) is 0 Å². The number of hydrogen-bond donors (Lipinski definition) is 2. The summed E-state index contributed by atoms with van der Waals surface area (Å²) in [6, 6.07) is 3.82. The smallest absolute Gasteiger partial charge is 0.254 e. The molecule has 2 N–H and O–H groups in total. The average Bonchev–Trinajstić information content (AvgIpc) is 2.91. The number of pyridine rings is 1. The number of rotatable bonds is 4. The largest absolute Gasteiger partial charge is 0.348 e. The summed E-state index contributed by atoms with van der Waals surface area (Å²) < 4.78 is 0. The lowest BCUT2D eigenvalue weighted by Crippen LogP contribution is -2.25. The van der Waals surface area contributed by atoms with Crippen LogP contribution in [-0.4, -0.2) is 16.8 Å². The first kappa shape index (κ1) is 16.6. The summed E-state index contributed by atoms with van der Waals surface area (Å²) in [6.45, 7) is 3.83. The van der Waals surface area contributed by atoms with Crippen LogP contribution in [0.4, 0.5) is 5.00 Å². The molecule has 1 aliphatic rings. The molecule has 0 unspecified atom stereocenters. The second-order valence-electron chi connectivity index (χ2n) is 6.03. The van der Waals surface area contributed by atoms with E-state index in [0.717, 1.165) is 42.5 Å². The molecule has 1 aliphatic carbocycles. The molecule has 0 radical (unpaired) electrons. The molecule has 2 heterocycles. The molecular weight excluding hydrogens is 322 g/mol. The molecule has 0 spiro atoms. The van der Waals surface area contributed by atoms with Crippen molar-refractivity contribution in [3.8, 4) is 0 Å². The van der Waals surface area contributed by atoms with Gasteiger partial charge in [-0.15, -0.1) is 11.3 Å². The van der Waals surface area contributed by atoms with E-state index in [9.17, 15) is 9.59 Å². The van der Waals surface area contributed by atoms with Crippen LogP contribution >= 0.6 is 11.3 Å². The van der Waals surface area contributed by atoms with Crippen LogP contribution in [-0.2, 0) is 24.2 Å². The highest BCUT2D eigenvalue weighted by Crippen LogP contribution is 2.38. The highest BCUT2D eigenvalue weighted by molar-refractivity contribution is 7.17. The van der Waals surface area contributed by atoms with Gasteiger partial charge in [0.15, 0.2) is 0 Å². The van der Waals surface area contributed by atoms with E-state index in [1.54, 1.807) is 6.20 Å². The van der Waals surface area contributed by atoms with E-state index in [0.29, 0.717) is 17.1 Å². The van der Waals surface area contributed by atoms with E-state index in [1.165, 1.54) is 23.1 Å². The second kappa shape index (κ2) is 7.13. The van der Waals surface area contributed by atoms with Crippen LogP contribution in [0.15, 0.2) is 18.3 Å². The molecule has 0 aromatic carbocycles. The van der Waals surface area contributed by atoms with Crippen molar-refractivity contribution in [3.05, 3.63) is 45.6 Å². The zero-order valence-corrected chi connectivity index (χ0v) is 14.8. The summed E-state index contributed by atoms with van der Waals surface area (Å²) in [5.74, 6) is -0.271. The molecule has 0 bridgehead atoms. The maximum Gasteiger partial charge on any atom is 0.254 e. The second-order valence-corrected chi connectivity index (χ2v) is 7.13. The molecule has 0 aliphatic heterocycles. The number of hydrogen-bond acceptors (Lipinski definition) is 4. The Morgan fingerprint density at radius 2 is 2.08 bits per heavy atom. The van der Waals surface area contributed by atoms with Crippen LogP contribution in [0.5, 0.6) is 0 Å². The third kappa shape index (κ3) is 3.48. The van der Waals surface area contributed by atoms with Crippen LogP contribution in [0.3, 0.4) is 0 Å². The zero-order chi connectivity index (χ0) is 17.1. The first-order valence-electron chi connectivity index (χ1n) is 8.17. The lowest BCUT2D eigenvalue weighted by molar-refractivity contribution is -0.114. The molecule has 2 aromatic heterocycles. The zero-order valence-electron chi connectivity index (χ0n) is 13.9. The molecule has 6 heteroatoms. The number of carbonyl (C=O) groups is 2. The number of amides is 2. The van der Waals surface area contributed by atoms with Crippen molar-refractivity contribution in [1.82, 2.24) is 10.3 Å². The first-order valence-corrected chi connectivity index (χ1v) is 8.98. The van der Waals surface area contributed by atoms with Gasteiger partial charge >= 0.3 is 0 Å². The molecule has 0 atom stereocenters. The third-order valence-electron chi connectivity index (χ3n) is 4.24. The molecule has 5 nitrogen and oxygen atoms in total. The van der Waals surface area contributed by atoms with Crippen molar-refractivity contribution in [1.29, 1.82) is 0 Å². The molecule has 24 heavy (non-hydrogen) atoms. The number of nitrogens with zero attached hydrogens (tertiary/aromatic N) is 1. The van der Waals surface area contributed by atoms with Gasteiger partial charge in [-0.3, -0.25) is 14.6 Å². The van der Waals surface area contributed by atoms with Gasteiger partial charge in [0.05, 0.1) is 5.56 Å². The fourth-order valence-corrected chi connectivity index (χ4v) is 4.36. The number of carbonyl (C=O) groups excluding carboxylic acids is 2. The Labute approximate surface area is 145 Å². The maximum absolute atomic E-state index is 12.8. The topological polar surface area (TPSA) is 71.1 Å². The minimum absolute atomic E-state index is 0.124. The van der Waals surface area contributed by atoms with Gasteiger partial charge in [0.2, 0.25) is 5.91 Å². The Kier molecular flexibility index (Phi) is 4.94. The minimum atomic E-state index is -0.147. The van der Waals surface area contributed by atoms with Gasteiger partial charge < -0.3 is 10.6 Å². The van der Waals surface area contributed by atoms with Crippen LogP contribution in [0, 0.1) is 6.92 Å². The first-order chi connectivity index (χ1) is 11.6. The third-order valence-corrected chi connectivity index (χ3v) is 5.45. The minimum Gasteiger partial charge on any atom is -0.348 e. The predicted molar refractivity (Wildman–Crippen MR) is 95.4 cm³/mol. The summed E-state index contributed by atoms with van der Waals surface area (Å²) in [7, 11) is 0. The van der Waals surface area contributed by atoms with Crippen molar-refractivity contribution in [2.24, 2.45) is 0 Å². The normalized spacial score (nSPS) is 13.2. The number of thiophene rings is 1. The molecule has 0 saturated heterocycles. The van der Waals surface area contributed by atoms with E-state index < -0.39 is 0 Å². The number of aromatic nitrogens is 1. The molecule has 0 fully saturated rings. The number of fused-ring (bicyclic) bond motifs is 1. The number of anilines is 1. The van der Waals surface area contributed by atoms with Gasteiger partial charge in [-0.2, -0.15) is 0 Å². The van der Waals surface area contributed by atoms with Crippen molar-refractivity contribution in [2.45, 2.75) is 46.1 Å². The fourth-order valence-electron chi connectivity index (χ4n) is 3.02. The fraction of sp³-hybridized carbons (Fsp3) is 0.389. The van der Waals surface area contributed by atoms with Crippen LogP contribution in [0.1, 0.15) is 51.8 Å². The maximum atomic E-state index is 12.8. The van der Waals surface area contributed by atoms with E-state index >= 15 is 0 Å². The number of aryl methyl sites for hydroxylation is 2. The van der Waals surface area contributed by atoms with Gasteiger partial charge in [-0.1, -0.05) is 6.07 Å². The Morgan fingerprint density at radius 1 is 1.29 bits per heavy atom. The number of nitrogens with one attached hydrogen (secondary N) is 2. The Bertz CT molecular complexity index is 783. The Morgan fingerprint density at radius 3 is 2.83 bits per heavy atom. The lowest BCUT2D eigenvalue weighted by atomic mass is 9.95. The highest BCUT2D eigenvalue weighted by atomic mass is 32.1. The van der Waals surface area contributed by atoms with Crippen molar-refractivity contribution in [3.63, 3.8) is 0 Å². The lowest BCUT2D eigenvalue weighted by Gasteiger charge is -2.13. The van der Waals surface area contributed by atoms with Crippen molar-refractivity contribution >= 4 is 28.2 Å². The average molecular weight is 343 g/mol. The Balaban J connectivity index is 1.84. The van der Waals surface area contributed by atoms with Crippen molar-refractivity contribution in [2.75, 3.05) is 5.32 Å². The van der Waals surface area contributed by atoms with E-state index in [2.05, 4.69) is 15.6 Å². The van der Waals surface area contributed by atoms with E-state index in [-0.39, 0.29) is 11.8 Å². The highest BCUT2D eigenvalue weighted by Gasteiger charge is 2.25. The molecule has 126 valence electrons. The predicted octanol–water partition coefficient (Wildman–Crippen LogP) is 3.22. The van der Waals surface area contributed by atoms with Gasteiger partial charge in [0.25, 0.3) is 5.91 Å². The van der Waals surface area contributed by atoms with Crippen LogP contribution in [0.25, 0.3) is 0 Å². The molecule has 2 aromatic rings. The molecule has 3 rings (SSSR count). The summed E-state index contributed by atoms with van der Waals surface area (Å²) in [5, 5.41) is 6.49. The van der Waals surface area contributed by atoms with E-state index in [4.69, 9.17) is 0 Å². The van der Waals surface area contributed by atoms with Gasteiger partial charge in [0.1, 0.15) is 5.00 Å². The van der Waals surface area contributed by atoms with Gasteiger partial charge in [-0.05, 0) is 49.8 Å². The van der Waals surface area contributed by atoms with E-state index in [1.807, 2.05) is 19.1 Å². The molecule has 2 amide bonds. The van der Waals surface area contributed by atoms with Gasteiger partial charge in [-0.25, -0.2) is 0 Å².